The third-order valence-corrected chi connectivity index (χ3v) is 4.77. The van der Waals surface area contributed by atoms with E-state index >= 15 is 0 Å². The van der Waals surface area contributed by atoms with Gasteiger partial charge in [-0.1, -0.05) is 50.2 Å². The summed E-state index contributed by atoms with van der Waals surface area (Å²) >= 11 is 0. The van der Waals surface area contributed by atoms with E-state index in [9.17, 15) is 4.79 Å². The van der Waals surface area contributed by atoms with Crippen LogP contribution in [0.15, 0.2) is 59.7 Å². The van der Waals surface area contributed by atoms with Crippen molar-refractivity contribution in [1.29, 1.82) is 0 Å². The molecule has 5 heteroatoms. The molecule has 0 spiro atoms. The minimum absolute atomic E-state index is 0.107. The van der Waals surface area contributed by atoms with Crippen molar-refractivity contribution in [1.82, 2.24) is 5.43 Å². The number of hydrogen-bond donors (Lipinski definition) is 1. The van der Waals surface area contributed by atoms with Crippen molar-refractivity contribution >= 4 is 22.9 Å². The molecule has 0 atom stereocenters. The molecule has 0 aliphatic rings. The lowest BCUT2D eigenvalue weighted by molar-refractivity contribution is -0.123. The van der Waals surface area contributed by atoms with E-state index in [-0.39, 0.29) is 12.5 Å². The fourth-order valence-electron chi connectivity index (χ4n) is 3.32. The molecule has 0 aromatic heterocycles. The first kappa shape index (κ1) is 20.4. The number of nitrogens with zero attached hydrogens (tertiary/aromatic N) is 1. The molecule has 1 N–H and O–H groups in total. The number of fused-ring (bicyclic) bond motifs is 1. The summed E-state index contributed by atoms with van der Waals surface area (Å²) in [7, 11) is 1.61. The van der Waals surface area contributed by atoms with Crippen molar-refractivity contribution in [2.75, 3.05) is 13.7 Å². The zero-order valence-corrected chi connectivity index (χ0v) is 17.2. The van der Waals surface area contributed by atoms with Gasteiger partial charge in [0, 0.05) is 5.56 Å². The maximum Gasteiger partial charge on any atom is 0.277 e. The fourth-order valence-corrected chi connectivity index (χ4v) is 3.32. The molecule has 5 nitrogen and oxygen atoms in total. The first-order chi connectivity index (χ1) is 14.0. The second-order valence-electron chi connectivity index (χ2n) is 7.16. The molecule has 3 rings (SSSR count). The Morgan fingerprint density at radius 2 is 1.93 bits per heavy atom. The van der Waals surface area contributed by atoms with Crippen molar-refractivity contribution in [3.8, 4) is 11.5 Å². The molecular formula is C24H26N2O3. The highest BCUT2D eigenvalue weighted by molar-refractivity contribution is 6.02. The Morgan fingerprint density at radius 1 is 1.14 bits per heavy atom. The van der Waals surface area contributed by atoms with E-state index in [1.807, 2.05) is 61.5 Å². The summed E-state index contributed by atoms with van der Waals surface area (Å²) < 4.78 is 11.0. The first-order valence-corrected chi connectivity index (χ1v) is 9.60. The molecule has 0 aliphatic carbocycles. The van der Waals surface area contributed by atoms with E-state index < -0.39 is 0 Å². The van der Waals surface area contributed by atoms with Gasteiger partial charge in [0.25, 0.3) is 5.91 Å². The second kappa shape index (κ2) is 9.24. The van der Waals surface area contributed by atoms with Crippen molar-refractivity contribution in [2.45, 2.75) is 26.7 Å². The number of ether oxygens (including phenoxy) is 2. The molecule has 0 unspecified atom stereocenters. The van der Waals surface area contributed by atoms with Crippen LogP contribution >= 0.6 is 0 Å². The van der Waals surface area contributed by atoms with Crippen LogP contribution in [-0.2, 0) is 4.79 Å². The predicted octanol–water partition coefficient (Wildman–Crippen LogP) is 4.81. The smallest absolute Gasteiger partial charge is 0.277 e. The quantitative estimate of drug-likeness (QED) is 0.465. The van der Waals surface area contributed by atoms with Crippen LogP contribution in [0.3, 0.4) is 0 Å². The first-order valence-electron chi connectivity index (χ1n) is 9.60. The average molecular weight is 390 g/mol. The second-order valence-corrected chi connectivity index (χ2v) is 7.16. The van der Waals surface area contributed by atoms with Gasteiger partial charge in [-0.25, -0.2) is 5.43 Å². The van der Waals surface area contributed by atoms with E-state index in [0.717, 1.165) is 21.9 Å². The summed E-state index contributed by atoms with van der Waals surface area (Å²) in [6, 6.07) is 17.7. The van der Waals surface area contributed by atoms with Crippen molar-refractivity contribution in [3.63, 3.8) is 0 Å². The van der Waals surface area contributed by atoms with Crippen LogP contribution in [0.25, 0.3) is 10.8 Å². The lowest BCUT2D eigenvalue weighted by Crippen LogP contribution is -2.24. The summed E-state index contributed by atoms with van der Waals surface area (Å²) in [4.78, 5) is 12.1. The maximum absolute atomic E-state index is 12.1. The highest BCUT2D eigenvalue weighted by Gasteiger charge is 2.08. The molecule has 0 saturated carbocycles. The lowest BCUT2D eigenvalue weighted by atomic mass is 9.98. The number of methoxy groups -OCH3 is 1. The van der Waals surface area contributed by atoms with Crippen molar-refractivity contribution in [2.24, 2.45) is 5.10 Å². The van der Waals surface area contributed by atoms with E-state index in [1.165, 1.54) is 5.56 Å². The van der Waals surface area contributed by atoms with Gasteiger partial charge in [0.2, 0.25) is 0 Å². The summed E-state index contributed by atoms with van der Waals surface area (Å²) in [5, 5.41) is 6.16. The third-order valence-electron chi connectivity index (χ3n) is 4.77. The number of hydrogen-bond acceptors (Lipinski definition) is 4. The normalized spacial score (nSPS) is 11.2. The molecule has 3 aromatic rings. The number of amides is 1. The van der Waals surface area contributed by atoms with E-state index in [1.54, 1.807) is 13.3 Å². The van der Waals surface area contributed by atoms with E-state index in [0.29, 0.717) is 17.4 Å². The Balaban J connectivity index is 1.63. The number of carbonyl (C=O) groups is 1. The molecule has 0 heterocycles. The predicted molar refractivity (Wildman–Crippen MR) is 117 cm³/mol. The monoisotopic (exact) mass is 390 g/mol. The van der Waals surface area contributed by atoms with Gasteiger partial charge < -0.3 is 9.47 Å². The maximum atomic E-state index is 12.1. The Hall–Kier alpha value is -3.34. The Morgan fingerprint density at radius 3 is 2.66 bits per heavy atom. The largest absolute Gasteiger partial charge is 0.496 e. The molecule has 0 bridgehead atoms. The van der Waals surface area contributed by atoms with Crippen LogP contribution < -0.4 is 14.9 Å². The number of aryl methyl sites for hydroxylation is 1. The Bertz CT molecular complexity index is 1040. The van der Waals surface area contributed by atoms with E-state index in [2.05, 4.69) is 24.4 Å². The molecule has 150 valence electrons. The standard InChI is InChI=1S/C24H26N2O3/c1-16(2)20-11-10-19(13-17(20)3)29-15-24(27)26-25-14-22-21-8-6-5-7-18(21)9-12-23(22)28-4/h5-14,16H,15H2,1-4H3,(H,26,27)/b25-14+. The van der Waals surface area contributed by atoms with Gasteiger partial charge >= 0.3 is 0 Å². The molecule has 1 amide bonds. The molecule has 0 saturated heterocycles. The molecule has 0 aliphatic heterocycles. The van der Waals surface area contributed by atoms with Crippen LogP contribution in [0.1, 0.15) is 36.5 Å². The van der Waals surface area contributed by atoms with Crippen LogP contribution in [0.4, 0.5) is 0 Å². The molecule has 0 radical (unpaired) electrons. The van der Waals surface area contributed by atoms with Gasteiger partial charge in [-0.2, -0.15) is 5.10 Å². The van der Waals surface area contributed by atoms with Crippen LogP contribution in [0, 0.1) is 6.92 Å². The van der Waals surface area contributed by atoms with Crippen LogP contribution in [0.5, 0.6) is 11.5 Å². The van der Waals surface area contributed by atoms with Gasteiger partial charge in [-0.05, 0) is 52.9 Å². The van der Waals surface area contributed by atoms with Gasteiger partial charge in [-0.3, -0.25) is 4.79 Å². The number of carbonyl (C=O) groups excluding carboxylic acids is 1. The molecule has 0 fully saturated rings. The van der Waals surface area contributed by atoms with Crippen molar-refractivity contribution < 1.29 is 14.3 Å². The zero-order chi connectivity index (χ0) is 20.8. The molecule has 29 heavy (non-hydrogen) atoms. The van der Waals surface area contributed by atoms with Gasteiger partial charge in [0.15, 0.2) is 6.61 Å². The average Bonchev–Trinajstić information content (AvgIpc) is 2.72. The van der Waals surface area contributed by atoms with Crippen LogP contribution in [0.2, 0.25) is 0 Å². The summed E-state index contributed by atoms with van der Waals surface area (Å²) in [5.41, 5.74) is 5.75. The topological polar surface area (TPSA) is 59.9 Å². The number of nitrogens with one attached hydrogen (secondary N) is 1. The van der Waals surface area contributed by atoms with Crippen molar-refractivity contribution in [3.05, 3.63) is 71.3 Å². The van der Waals surface area contributed by atoms with Gasteiger partial charge in [0.1, 0.15) is 11.5 Å². The third kappa shape index (κ3) is 4.93. The molecular weight excluding hydrogens is 364 g/mol. The summed E-state index contributed by atoms with van der Waals surface area (Å²) in [6.45, 7) is 6.24. The van der Waals surface area contributed by atoms with E-state index in [4.69, 9.17) is 9.47 Å². The minimum Gasteiger partial charge on any atom is -0.496 e. The highest BCUT2D eigenvalue weighted by Crippen LogP contribution is 2.26. The number of rotatable bonds is 7. The van der Waals surface area contributed by atoms with Crippen LogP contribution in [-0.4, -0.2) is 25.8 Å². The van der Waals surface area contributed by atoms with Gasteiger partial charge in [0.05, 0.1) is 13.3 Å². The minimum atomic E-state index is -0.328. The number of hydrazone groups is 1. The molecule has 3 aromatic carbocycles. The fraction of sp³-hybridized carbons (Fsp3) is 0.250. The summed E-state index contributed by atoms with van der Waals surface area (Å²) in [5.74, 6) is 1.49. The lowest BCUT2D eigenvalue weighted by Gasteiger charge is -2.12. The number of benzene rings is 3. The highest BCUT2D eigenvalue weighted by atomic mass is 16.5. The summed E-state index contributed by atoms with van der Waals surface area (Å²) in [6.07, 6.45) is 1.60. The Kier molecular flexibility index (Phi) is 6.50. The van der Waals surface area contributed by atoms with Gasteiger partial charge in [-0.15, -0.1) is 0 Å². The Labute approximate surface area is 171 Å². The SMILES string of the molecule is COc1ccc2ccccc2c1/C=N/NC(=O)COc1ccc(C(C)C)c(C)c1. The zero-order valence-electron chi connectivity index (χ0n) is 17.2.